The summed E-state index contributed by atoms with van der Waals surface area (Å²) in [5.41, 5.74) is 1.83. The van der Waals surface area contributed by atoms with Gasteiger partial charge in [0.2, 0.25) is 0 Å². The molecule has 3 nitrogen and oxygen atoms in total. The Morgan fingerprint density at radius 3 is 2.78 bits per heavy atom. The van der Waals surface area contributed by atoms with Gasteiger partial charge in [0, 0.05) is 24.2 Å². The zero-order chi connectivity index (χ0) is 12.5. The number of Topliss-reactive ketones (excluding diaryl/α,β-unsaturated/α-hetero) is 1. The normalized spacial score (nSPS) is 28.1. The van der Waals surface area contributed by atoms with Crippen molar-refractivity contribution < 1.29 is 9.90 Å². The summed E-state index contributed by atoms with van der Waals surface area (Å²) in [6.45, 7) is 0.748. The summed E-state index contributed by atoms with van der Waals surface area (Å²) in [6, 6.07) is 7.98. The van der Waals surface area contributed by atoms with Crippen LogP contribution in [0.25, 0.3) is 0 Å². The standard InChI is InChI=1S/C15H19NO2/c17-14-9-10-16(12-6-2-1-5-11(12)14)13-7-3-4-8-15(13)18/h1-2,5-6,13,15,18H,3-4,7-10H2. The van der Waals surface area contributed by atoms with Crippen LogP contribution >= 0.6 is 0 Å². The van der Waals surface area contributed by atoms with Crippen molar-refractivity contribution in [3.63, 3.8) is 0 Å². The molecule has 3 heteroatoms. The maximum absolute atomic E-state index is 11.9. The summed E-state index contributed by atoms with van der Waals surface area (Å²) in [5, 5.41) is 10.2. The molecule has 2 aliphatic rings. The van der Waals surface area contributed by atoms with Gasteiger partial charge in [0.15, 0.2) is 5.78 Å². The van der Waals surface area contributed by atoms with Crippen LogP contribution in [0.15, 0.2) is 24.3 Å². The summed E-state index contributed by atoms with van der Waals surface area (Å²) in [5.74, 6) is 0.229. The molecule has 1 aromatic carbocycles. The minimum Gasteiger partial charge on any atom is -0.391 e. The number of rotatable bonds is 1. The molecule has 0 bridgehead atoms. The third-order valence-corrected chi connectivity index (χ3v) is 4.19. The average Bonchev–Trinajstić information content (AvgIpc) is 2.41. The maximum Gasteiger partial charge on any atom is 0.166 e. The van der Waals surface area contributed by atoms with E-state index in [4.69, 9.17) is 0 Å². The van der Waals surface area contributed by atoms with Gasteiger partial charge in [-0.1, -0.05) is 25.0 Å². The molecule has 2 unspecified atom stereocenters. The molecule has 0 spiro atoms. The number of hydrogen-bond donors (Lipinski definition) is 1. The summed E-state index contributed by atoms with van der Waals surface area (Å²) in [6.07, 6.45) is 4.53. The Balaban J connectivity index is 1.94. The Hall–Kier alpha value is -1.35. The highest BCUT2D eigenvalue weighted by molar-refractivity contribution is 6.03. The number of ketones is 1. The van der Waals surface area contributed by atoms with Crippen LogP contribution in [0.2, 0.25) is 0 Å². The van der Waals surface area contributed by atoms with Gasteiger partial charge in [-0.25, -0.2) is 0 Å². The molecule has 1 fully saturated rings. The van der Waals surface area contributed by atoms with Gasteiger partial charge in [-0.15, -0.1) is 0 Å². The number of carbonyl (C=O) groups excluding carboxylic acids is 1. The van der Waals surface area contributed by atoms with Crippen molar-refractivity contribution in [3.05, 3.63) is 29.8 Å². The predicted molar refractivity (Wildman–Crippen MR) is 71.0 cm³/mol. The van der Waals surface area contributed by atoms with Crippen molar-refractivity contribution >= 4 is 11.5 Å². The first-order chi connectivity index (χ1) is 8.77. The number of para-hydroxylation sites is 1. The Bertz CT molecular complexity index is 458. The monoisotopic (exact) mass is 245 g/mol. The van der Waals surface area contributed by atoms with Gasteiger partial charge < -0.3 is 10.0 Å². The maximum atomic E-state index is 11.9. The molecule has 0 radical (unpaired) electrons. The van der Waals surface area contributed by atoms with Crippen molar-refractivity contribution in [1.29, 1.82) is 0 Å². The second-order valence-corrected chi connectivity index (χ2v) is 5.30. The van der Waals surface area contributed by atoms with E-state index >= 15 is 0 Å². The number of anilines is 1. The first-order valence-electron chi connectivity index (χ1n) is 6.84. The van der Waals surface area contributed by atoms with E-state index in [0.29, 0.717) is 6.42 Å². The molecule has 18 heavy (non-hydrogen) atoms. The molecule has 96 valence electrons. The number of aliphatic hydroxyl groups is 1. The molecule has 1 aliphatic carbocycles. The van der Waals surface area contributed by atoms with Crippen molar-refractivity contribution in [3.8, 4) is 0 Å². The van der Waals surface area contributed by atoms with E-state index in [9.17, 15) is 9.90 Å². The lowest BCUT2D eigenvalue weighted by molar-refractivity contribution is 0.0929. The fourth-order valence-electron chi connectivity index (χ4n) is 3.24. The van der Waals surface area contributed by atoms with Gasteiger partial charge in [0.1, 0.15) is 0 Å². The summed E-state index contributed by atoms with van der Waals surface area (Å²) in [4.78, 5) is 14.2. The fourth-order valence-corrected chi connectivity index (χ4v) is 3.24. The quantitative estimate of drug-likeness (QED) is 0.826. The van der Waals surface area contributed by atoms with Gasteiger partial charge in [-0.3, -0.25) is 4.79 Å². The topological polar surface area (TPSA) is 40.5 Å². The third kappa shape index (κ3) is 1.93. The van der Waals surface area contributed by atoms with Crippen molar-refractivity contribution in [2.45, 2.75) is 44.2 Å². The van der Waals surface area contributed by atoms with E-state index in [0.717, 1.165) is 37.1 Å². The van der Waals surface area contributed by atoms with Crippen molar-refractivity contribution in [2.75, 3.05) is 11.4 Å². The number of aliphatic hydroxyl groups excluding tert-OH is 1. The van der Waals surface area contributed by atoms with E-state index in [1.807, 2.05) is 24.3 Å². The smallest absolute Gasteiger partial charge is 0.166 e. The molecular weight excluding hydrogens is 226 g/mol. The molecule has 1 saturated carbocycles. The minimum absolute atomic E-state index is 0.188. The summed E-state index contributed by atoms with van der Waals surface area (Å²) >= 11 is 0. The van der Waals surface area contributed by atoms with Gasteiger partial charge in [-0.05, 0) is 25.0 Å². The van der Waals surface area contributed by atoms with Crippen LogP contribution in [0.5, 0.6) is 0 Å². The molecular formula is C15H19NO2. The van der Waals surface area contributed by atoms with Crippen LogP contribution in [0.3, 0.4) is 0 Å². The summed E-state index contributed by atoms with van der Waals surface area (Å²) in [7, 11) is 0. The van der Waals surface area contributed by atoms with Crippen molar-refractivity contribution in [1.82, 2.24) is 0 Å². The Kier molecular flexibility index (Phi) is 3.08. The summed E-state index contributed by atoms with van der Waals surface area (Å²) < 4.78 is 0. The van der Waals surface area contributed by atoms with Crippen LogP contribution in [0.1, 0.15) is 42.5 Å². The number of fused-ring (bicyclic) bond motifs is 1. The van der Waals surface area contributed by atoms with Crippen LogP contribution < -0.4 is 4.90 Å². The molecule has 0 amide bonds. The van der Waals surface area contributed by atoms with E-state index in [2.05, 4.69) is 4.90 Å². The molecule has 1 N–H and O–H groups in total. The van der Waals surface area contributed by atoms with Crippen LogP contribution in [-0.2, 0) is 0 Å². The Labute approximate surface area is 107 Å². The van der Waals surface area contributed by atoms with Gasteiger partial charge in [0.05, 0.1) is 12.1 Å². The van der Waals surface area contributed by atoms with E-state index < -0.39 is 0 Å². The van der Waals surface area contributed by atoms with Gasteiger partial charge >= 0.3 is 0 Å². The highest BCUT2D eigenvalue weighted by Gasteiger charge is 2.33. The lowest BCUT2D eigenvalue weighted by Gasteiger charge is -2.41. The van der Waals surface area contributed by atoms with Gasteiger partial charge in [-0.2, -0.15) is 0 Å². The van der Waals surface area contributed by atoms with Crippen LogP contribution in [-0.4, -0.2) is 29.6 Å². The molecule has 0 aromatic heterocycles. The predicted octanol–water partition coefficient (Wildman–Crippen LogP) is 2.38. The lowest BCUT2D eigenvalue weighted by Crippen LogP contribution is -2.48. The van der Waals surface area contributed by atoms with Crippen LogP contribution in [0.4, 0.5) is 5.69 Å². The van der Waals surface area contributed by atoms with Gasteiger partial charge in [0.25, 0.3) is 0 Å². The molecule has 3 rings (SSSR count). The molecule has 1 aliphatic heterocycles. The zero-order valence-corrected chi connectivity index (χ0v) is 10.5. The molecule has 1 heterocycles. The fraction of sp³-hybridized carbons (Fsp3) is 0.533. The Morgan fingerprint density at radius 1 is 1.17 bits per heavy atom. The second kappa shape index (κ2) is 4.73. The van der Waals surface area contributed by atoms with E-state index in [-0.39, 0.29) is 17.9 Å². The van der Waals surface area contributed by atoms with E-state index in [1.54, 1.807) is 0 Å². The molecule has 2 atom stereocenters. The lowest BCUT2D eigenvalue weighted by atomic mass is 9.88. The number of hydrogen-bond acceptors (Lipinski definition) is 3. The minimum atomic E-state index is -0.250. The second-order valence-electron chi connectivity index (χ2n) is 5.30. The number of carbonyl (C=O) groups is 1. The first kappa shape index (κ1) is 11.7. The van der Waals surface area contributed by atoms with E-state index in [1.165, 1.54) is 6.42 Å². The highest BCUT2D eigenvalue weighted by atomic mass is 16.3. The number of benzene rings is 1. The van der Waals surface area contributed by atoms with Crippen LogP contribution in [0, 0.1) is 0 Å². The SMILES string of the molecule is O=C1CCN(C2CCCCC2O)c2ccccc21. The zero-order valence-electron chi connectivity index (χ0n) is 10.5. The average molecular weight is 245 g/mol. The van der Waals surface area contributed by atoms with Crippen molar-refractivity contribution in [2.24, 2.45) is 0 Å². The first-order valence-corrected chi connectivity index (χ1v) is 6.84. The largest absolute Gasteiger partial charge is 0.391 e. The third-order valence-electron chi connectivity index (χ3n) is 4.19. The highest BCUT2D eigenvalue weighted by Crippen LogP contribution is 2.33. The Morgan fingerprint density at radius 2 is 1.94 bits per heavy atom. The molecule has 1 aromatic rings. The molecule has 0 saturated heterocycles. The number of nitrogens with zero attached hydrogens (tertiary/aromatic N) is 1.